The molecule has 1 aromatic rings. The quantitative estimate of drug-likeness (QED) is 0.741. The fourth-order valence-electron chi connectivity index (χ4n) is 1.89. The van der Waals surface area contributed by atoms with Crippen molar-refractivity contribution in [2.75, 3.05) is 0 Å². The summed E-state index contributed by atoms with van der Waals surface area (Å²) in [6.45, 7) is 4.67. The highest BCUT2D eigenvalue weighted by atomic mass is 19.1. The molecule has 1 unspecified atom stereocenters. The van der Waals surface area contributed by atoms with Crippen molar-refractivity contribution in [1.82, 2.24) is 4.90 Å². The number of benzene rings is 1. The Morgan fingerprint density at radius 3 is 2.86 bits per heavy atom. The molecule has 1 heterocycles. The minimum absolute atomic E-state index is 0.235. The number of rotatable bonds is 1. The van der Waals surface area contributed by atoms with Crippen LogP contribution in [-0.4, -0.2) is 16.0 Å². The first kappa shape index (κ1) is 9.62. The second-order valence-electron chi connectivity index (χ2n) is 3.98. The normalized spacial score (nSPS) is 21.6. The Morgan fingerprint density at radius 2 is 2.21 bits per heavy atom. The van der Waals surface area contributed by atoms with Crippen LogP contribution in [0, 0.1) is 5.82 Å². The van der Waals surface area contributed by atoms with Gasteiger partial charge in [-0.15, -0.1) is 0 Å². The maximum Gasteiger partial charge on any atom is 0.134 e. The van der Waals surface area contributed by atoms with E-state index in [1.165, 1.54) is 12.1 Å². The van der Waals surface area contributed by atoms with E-state index in [-0.39, 0.29) is 11.9 Å². The van der Waals surface area contributed by atoms with Crippen LogP contribution in [0.15, 0.2) is 18.2 Å². The van der Waals surface area contributed by atoms with Crippen LogP contribution < -0.4 is 0 Å². The molecule has 0 fully saturated rings. The molecule has 1 aromatic carbocycles. The van der Waals surface area contributed by atoms with Gasteiger partial charge in [0.2, 0.25) is 0 Å². The van der Waals surface area contributed by atoms with E-state index in [9.17, 15) is 9.50 Å². The first-order valence-corrected chi connectivity index (χ1v) is 4.81. The highest BCUT2D eigenvalue weighted by molar-refractivity contribution is 5.33. The molecular formula is C11H14FNO. The summed E-state index contributed by atoms with van der Waals surface area (Å²) in [6, 6.07) is 4.82. The van der Waals surface area contributed by atoms with Gasteiger partial charge in [0.1, 0.15) is 12.0 Å². The third kappa shape index (κ3) is 1.42. The predicted molar refractivity (Wildman–Crippen MR) is 52.0 cm³/mol. The summed E-state index contributed by atoms with van der Waals surface area (Å²) in [6.07, 6.45) is -0.578. The Balaban J connectivity index is 2.35. The zero-order valence-corrected chi connectivity index (χ0v) is 8.37. The van der Waals surface area contributed by atoms with E-state index in [1.54, 1.807) is 6.07 Å². The molecule has 0 spiro atoms. The predicted octanol–water partition coefficient (Wildman–Crippen LogP) is 2.04. The van der Waals surface area contributed by atoms with Crippen LogP contribution in [0.1, 0.15) is 31.2 Å². The fourth-order valence-corrected chi connectivity index (χ4v) is 1.89. The van der Waals surface area contributed by atoms with Crippen LogP contribution in [-0.2, 0) is 6.54 Å². The van der Waals surface area contributed by atoms with E-state index in [0.717, 1.165) is 11.1 Å². The van der Waals surface area contributed by atoms with Gasteiger partial charge in [0.25, 0.3) is 0 Å². The van der Waals surface area contributed by atoms with Gasteiger partial charge in [0.15, 0.2) is 0 Å². The first-order valence-electron chi connectivity index (χ1n) is 4.81. The first-order chi connectivity index (χ1) is 6.59. The number of hydrogen-bond acceptors (Lipinski definition) is 2. The molecule has 2 rings (SSSR count). The zero-order valence-electron chi connectivity index (χ0n) is 8.37. The van der Waals surface area contributed by atoms with Crippen molar-refractivity contribution in [3.05, 3.63) is 35.1 Å². The number of fused-ring (bicyclic) bond motifs is 1. The number of halogens is 1. The highest BCUT2D eigenvalue weighted by Crippen LogP contribution is 2.33. The topological polar surface area (TPSA) is 23.5 Å². The molecule has 1 aliphatic rings. The lowest BCUT2D eigenvalue weighted by Crippen LogP contribution is -2.28. The largest absolute Gasteiger partial charge is 0.374 e. The fraction of sp³-hybridized carbons (Fsp3) is 0.455. The smallest absolute Gasteiger partial charge is 0.134 e. The summed E-state index contributed by atoms with van der Waals surface area (Å²) in [7, 11) is 0. The second kappa shape index (κ2) is 3.33. The summed E-state index contributed by atoms with van der Waals surface area (Å²) >= 11 is 0. The zero-order chi connectivity index (χ0) is 10.3. The summed E-state index contributed by atoms with van der Waals surface area (Å²) in [5.74, 6) is -0.235. The van der Waals surface area contributed by atoms with Crippen molar-refractivity contribution in [2.45, 2.75) is 32.7 Å². The van der Waals surface area contributed by atoms with E-state index in [2.05, 4.69) is 0 Å². The average molecular weight is 195 g/mol. The Labute approximate surface area is 83.0 Å². The molecule has 0 saturated heterocycles. The molecule has 1 aliphatic heterocycles. The van der Waals surface area contributed by atoms with Crippen molar-refractivity contribution in [3.8, 4) is 0 Å². The number of nitrogens with zero attached hydrogens (tertiary/aromatic N) is 1. The Hall–Kier alpha value is -0.930. The van der Waals surface area contributed by atoms with Gasteiger partial charge in [-0.2, -0.15) is 0 Å². The molecule has 0 bridgehead atoms. The Morgan fingerprint density at radius 1 is 1.50 bits per heavy atom. The lowest BCUT2D eigenvalue weighted by Gasteiger charge is -2.24. The van der Waals surface area contributed by atoms with Crippen LogP contribution in [0.5, 0.6) is 0 Å². The van der Waals surface area contributed by atoms with E-state index in [0.29, 0.717) is 6.54 Å². The van der Waals surface area contributed by atoms with E-state index in [4.69, 9.17) is 0 Å². The summed E-state index contributed by atoms with van der Waals surface area (Å²) in [5.41, 5.74) is 1.73. The van der Waals surface area contributed by atoms with E-state index in [1.807, 2.05) is 18.7 Å². The molecule has 0 amide bonds. The molecule has 0 radical (unpaired) electrons. The Kier molecular flexibility index (Phi) is 2.29. The number of hydrogen-bond donors (Lipinski definition) is 1. The van der Waals surface area contributed by atoms with Crippen molar-refractivity contribution >= 4 is 0 Å². The number of aliphatic hydroxyl groups is 1. The van der Waals surface area contributed by atoms with Gasteiger partial charge in [0, 0.05) is 18.2 Å². The molecule has 76 valence electrons. The molecule has 1 N–H and O–H groups in total. The van der Waals surface area contributed by atoms with Gasteiger partial charge in [-0.25, -0.2) is 4.39 Å². The van der Waals surface area contributed by atoms with Crippen molar-refractivity contribution in [1.29, 1.82) is 0 Å². The van der Waals surface area contributed by atoms with Crippen LogP contribution >= 0.6 is 0 Å². The molecule has 14 heavy (non-hydrogen) atoms. The minimum atomic E-state index is -0.578. The Bertz CT molecular complexity index is 351. The molecule has 0 aliphatic carbocycles. The van der Waals surface area contributed by atoms with E-state index >= 15 is 0 Å². The van der Waals surface area contributed by atoms with Gasteiger partial charge < -0.3 is 5.11 Å². The third-order valence-corrected chi connectivity index (χ3v) is 2.71. The standard InChI is InChI=1S/C11H14FNO/c1-7(2)13-6-8-5-9(12)3-4-10(8)11(13)14/h3-5,7,11,14H,6H2,1-2H3. The van der Waals surface area contributed by atoms with Gasteiger partial charge in [-0.05, 0) is 31.5 Å². The monoisotopic (exact) mass is 195 g/mol. The van der Waals surface area contributed by atoms with Crippen molar-refractivity contribution in [2.24, 2.45) is 0 Å². The summed E-state index contributed by atoms with van der Waals surface area (Å²) in [5, 5.41) is 9.91. The highest BCUT2D eigenvalue weighted by Gasteiger charge is 2.29. The molecule has 1 atom stereocenters. The lowest BCUT2D eigenvalue weighted by molar-refractivity contribution is -0.00725. The van der Waals surface area contributed by atoms with Gasteiger partial charge >= 0.3 is 0 Å². The molecule has 0 aromatic heterocycles. The SMILES string of the molecule is CC(C)N1Cc2cc(F)ccc2C1O. The maximum absolute atomic E-state index is 12.9. The summed E-state index contributed by atoms with van der Waals surface area (Å²) < 4.78 is 12.9. The van der Waals surface area contributed by atoms with Crippen LogP contribution in [0.25, 0.3) is 0 Å². The molecule has 0 saturated carbocycles. The lowest BCUT2D eigenvalue weighted by atomic mass is 10.1. The minimum Gasteiger partial charge on any atom is -0.374 e. The average Bonchev–Trinajstić information content (AvgIpc) is 2.43. The maximum atomic E-state index is 12.9. The van der Waals surface area contributed by atoms with Crippen LogP contribution in [0.2, 0.25) is 0 Å². The molecule has 3 heteroatoms. The van der Waals surface area contributed by atoms with Gasteiger partial charge in [-0.3, -0.25) is 4.90 Å². The second-order valence-corrected chi connectivity index (χ2v) is 3.98. The van der Waals surface area contributed by atoms with Crippen LogP contribution in [0.4, 0.5) is 4.39 Å². The van der Waals surface area contributed by atoms with Gasteiger partial charge in [0.05, 0.1) is 0 Å². The third-order valence-electron chi connectivity index (χ3n) is 2.71. The van der Waals surface area contributed by atoms with Crippen molar-refractivity contribution < 1.29 is 9.50 Å². The van der Waals surface area contributed by atoms with Gasteiger partial charge in [-0.1, -0.05) is 6.07 Å². The number of aliphatic hydroxyl groups excluding tert-OH is 1. The molecular weight excluding hydrogens is 181 g/mol. The summed E-state index contributed by atoms with van der Waals surface area (Å²) in [4.78, 5) is 1.93. The van der Waals surface area contributed by atoms with E-state index < -0.39 is 6.23 Å². The van der Waals surface area contributed by atoms with Crippen molar-refractivity contribution in [3.63, 3.8) is 0 Å². The molecule has 2 nitrogen and oxygen atoms in total. The van der Waals surface area contributed by atoms with Crippen LogP contribution in [0.3, 0.4) is 0 Å².